The van der Waals surface area contributed by atoms with Gasteiger partial charge in [0.2, 0.25) is 5.91 Å². The first-order valence-corrected chi connectivity index (χ1v) is 8.53. The summed E-state index contributed by atoms with van der Waals surface area (Å²) in [6.07, 6.45) is 1.52. The van der Waals surface area contributed by atoms with E-state index in [9.17, 15) is 18.4 Å². The fourth-order valence-electron chi connectivity index (χ4n) is 2.87. The highest BCUT2D eigenvalue weighted by atomic mass is 19.2. The molecule has 140 valence electrons. The third kappa shape index (κ3) is 3.86. The first-order chi connectivity index (χ1) is 12.9. The van der Waals surface area contributed by atoms with E-state index >= 15 is 0 Å². The number of halogens is 2. The molecule has 0 aliphatic rings. The Morgan fingerprint density at radius 1 is 1.19 bits per heavy atom. The largest absolute Gasteiger partial charge is 0.339 e. The van der Waals surface area contributed by atoms with Crippen LogP contribution in [0.5, 0.6) is 0 Å². The molecule has 27 heavy (non-hydrogen) atoms. The lowest BCUT2D eigenvalue weighted by atomic mass is 10.1. The molecule has 1 unspecified atom stereocenters. The van der Waals surface area contributed by atoms with Crippen molar-refractivity contribution in [3.05, 3.63) is 76.3 Å². The van der Waals surface area contributed by atoms with Gasteiger partial charge < -0.3 is 4.90 Å². The second kappa shape index (κ2) is 7.65. The lowest BCUT2D eigenvalue weighted by molar-refractivity contribution is -0.132. The topological polar surface area (TPSA) is 55.2 Å². The van der Waals surface area contributed by atoms with Crippen LogP contribution >= 0.6 is 0 Å². The molecule has 3 aromatic rings. The second-order valence-electron chi connectivity index (χ2n) is 6.36. The van der Waals surface area contributed by atoms with E-state index < -0.39 is 17.7 Å². The Morgan fingerprint density at radius 3 is 2.67 bits per heavy atom. The maximum Gasteiger partial charge on any atom is 0.261 e. The van der Waals surface area contributed by atoms with Gasteiger partial charge in [-0.1, -0.05) is 18.2 Å². The number of rotatable bonds is 5. The fraction of sp³-hybridized carbons (Fsp3) is 0.250. The van der Waals surface area contributed by atoms with E-state index in [-0.39, 0.29) is 24.4 Å². The Hall–Kier alpha value is -3.09. The molecular weight excluding hydrogens is 352 g/mol. The SMILES string of the molecule is CC(c1ccc(F)c(F)c1)N(C)C(=O)CCn1cnc2ccccc2c1=O. The summed E-state index contributed by atoms with van der Waals surface area (Å²) in [5.74, 6) is -2.09. The predicted molar refractivity (Wildman–Crippen MR) is 98.2 cm³/mol. The number of hydrogen-bond donors (Lipinski definition) is 0. The molecule has 0 aliphatic carbocycles. The monoisotopic (exact) mass is 371 g/mol. The number of nitrogens with zero attached hydrogens (tertiary/aromatic N) is 3. The van der Waals surface area contributed by atoms with Crippen molar-refractivity contribution in [1.82, 2.24) is 14.5 Å². The fourth-order valence-corrected chi connectivity index (χ4v) is 2.87. The minimum Gasteiger partial charge on any atom is -0.339 e. The van der Waals surface area contributed by atoms with Crippen LogP contribution in [0.15, 0.2) is 53.6 Å². The number of amides is 1. The lowest BCUT2D eigenvalue weighted by Crippen LogP contribution is -2.31. The van der Waals surface area contributed by atoms with Crippen molar-refractivity contribution < 1.29 is 13.6 Å². The summed E-state index contributed by atoms with van der Waals surface area (Å²) in [6.45, 7) is 1.92. The van der Waals surface area contributed by atoms with Crippen molar-refractivity contribution in [1.29, 1.82) is 0 Å². The summed E-state index contributed by atoms with van der Waals surface area (Å²) in [7, 11) is 1.59. The van der Waals surface area contributed by atoms with Crippen LogP contribution in [-0.2, 0) is 11.3 Å². The summed E-state index contributed by atoms with van der Waals surface area (Å²) < 4.78 is 27.9. The molecule has 2 aromatic carbocycles. The Balaban J connectivity index is 1.70. The standard InChI is InChI=1S/C20H19F2N3O2/c1-13(14-7-8-16(21)17(22)11-14)24(2)19(26)9-10-25-12-23-18-6-4-3-5-15(18)20(25)27/h3-8,11-13H,9-10H2,1-2H3. The van der Waals surface area contributed by atoms with E-state index in [1.165, 1.54) is 21.9 Å². The molecule has 0 bridgehead atoms. The van der Waals surface area contributed by atoms with Crippen molar-refractivity contribution in [2.75, 3.05) is 7.05 Å². The van der Waals surface area contributed by atoms with Crippen molar-refractivity contribution >= 4 is 16.8 Å². The smallest absolute Gasteiger partial charge is 0.261 e. The highest BCUT2D eigenvalue weighted by Crippen LogP contribution is 2.21. The molecule has 0 fully saturated rings. The molecule has 0 N–H and O–H groups in total. The van der Waals surface area contributed by atoms with Crippen molar-refractivity contribution in [2.45, 2.75) is 25.9 Å². The zero-order valence-electron chi connectivity index (χ0n) is 15.0. The molecule has 5 nitrogen and oxygen atoms in total. The zero-order valence-corrected chi connectivity index (χ0v) is 15.0. The van der Waals surface area contributed by atoms with E-state index in [2.05, 4.69) is 4.98 Å². The van der Waals surface area contributed by atoms with Crippen LogP contribution in [-0.4, -0.2) is 27.4 Å². The van der Waals surface area contributed by atoms with Crippen LogP contribution in [0.2, 0.25) is 0 Å². The number of hydrogen-bond acceptors (Lipinski definition) is 3. The molecule has 0 saturated carbocycles. The average molecular weight is 371 g/mol. The van der Waals surface area contributed by atoms with Gasteiger partial charge in [-0.05, 0) is 36.8 Å². The number of aromatic nitrogens is 2. The van der Waals surface area contributed by atoms with Gasteiger partial charge in [-0.25, -0.2) is 13.8 Å². The molecule has 0 aliphatic heterocycles. The summed E-state index contributed by atoms with van der Waals surface area (Å²) in [5.41, 5.74) is 0.896. The molecule has 0 spiro atoms. The van der Waals surface area contributed by atoms with Gasteiger partial charge in [0.1, 0.15) is 0 Å². The number of carbonyl (C=O) groups excluding carboxylic acids is 1. The van der Waals surface area contributed by atoms with E-state index in [1.807, 2.05) is 0 Å². The van der Waals surface area contributed by atoms with Crippen LogP contribution in [0.4, 0.5) is 8.78 Å². The van der Waals surface area contributed by atoms with Crippen LogP contribution in [0, 0.1) is 11.6 Å². The first-order valence-electron chi connectivity index (χ1n) is 8.53. The van der Waals surface area contributed by atoms with E-state index in [1.54, 1.807) is 38.2 Å². The molecular formula is C20H19F2N3O2. The molecule has 0 saturated heterocycles. The number of para-hydroxylation sites is 1. The maximum absolute atomic E-state index is 13.4. The Kier molecular flexibility index (Phi) is 5.30. The van der Waals surface area contributed by atoms with Crippen LogP contribution in [0.25, 0.3) is 10.9 Å². The molecule has 1 amide bonds. The van der Waals surface area contributed by atoms with Gasteiger partial charge in [0.25, 0.3) is 5.56 Å². The zero-order chi connectivity index (χ0) is 19.6. The van der Waals surface area contributed by atoms with Gasteiger partial charge in [0.05, 0.1) is 23.3 Å². The minimum atomic E-state index is -0.950. The van der Waals surface area contributed by atoms with Gasteiger partial charge in [0, 0.05) is 20.0 Å². The highest BCUT2D eigenvalue weighted by molar-refractivity contribution is 5.77. The van der Waals surface area contributed by atoms with Gasteiger partial charge in [-0.3, -0.25) is 14.2 Å². The van der Waals surface area contributed by atoms with Gasteiger partial charge in [-0.15, -0.1) is 0 Å². The Morgan fingerprint density at radius 2 is 1.93 bits per heavy atom. The Labute approximate surface area is 154 Å². The van der Waals surface area contributed by atoms with Crippen LogP contribution < -0.4 is 5.56 Å². The normalized spacial score (nSPS) is 12.1. The molecule has 1 aromatic heterocycles. The second-order valence-corrected chi connectivity index (χ2v) is 6.36. The molecule has 1 atom stereocenters. The third-order valence-electron chi connectivity index (χ3n) is 4.70. The maximum atomic E-state index is 13.4. The van der Waals surface area contributed by atoms with Crippen molar-refractivity contribution in [3.63, 3.8) is 0 Å². The minimum absolute atomic E-state index is 0.0877. The van der Waals surface area contributed by atoms with Gasteiger partial charge in [-0.2, -0.15) is 0 Å². The van der Waals surface area contributed by atoms with Crippen molar-refractivity contribution in [2.24, 2.45) is 0 Å². The predicted octanol–water partition coefficient (Wildman–Crippen LogP) is 3.28. The van der Waals surface area contributed by atoms with Crippen LogP contribution in [0.1, 0.15) is 24.9 Å². The van der Waals surface area contributed by atoms with E-state index in [0.29, 0.717) is 16.5 Å². The Bertz CT molecular complexity index is 1050. The number of benzene rings is 2. The molecule has 0 radical (unpaired) electrons. The highest BCUT2D eigenvalue weighted by Gasteiger charge is 2.19. The van der Waals surface area contributed by atoms with Gasteiger partial charge in [0.15, 0.2) is 11.6 Å². The van der Waals surface area contributed by atoms with Crippen molar-refractivity contribution in [3.8, 4) is 0 Å². The van der Waals surface area contributed by atoms with E-state index in [0.717, 1.165) is 12.1 Å². The molecule has 7 heteroatoms. The summed E-state index contributed by atoms with van der Waals surface area (Å²) in [5, 5.41) is 0.496. The molecule has 3 rings (SSSR count). The van der Waals surface area contributed by atoms with Crippen LogP contribution in [0.3, 0.4) is 0 Å². The number of fused-ring (bicyclic) bond motifs is 1. The summed E-state index contributed by atoms with van der Waals surface area (Å²) >= 11 is 0. The number of carbonyl (C=O) groups is 1. The third-order valence-corrected chi connectivity index (χ3v) is 4.70. The first kappa shape index (κ1) is 18.7. The summed E-state index contributed by atoms with van der Waals surface area (Å²) in [6, 6.07) is 10.2. The van der Waals surface area contributed by atoms with Gasteiger partial charge >= 0.3 is 0 Å². The quantitative estimate of drug-likeness (QED) is 0.692. The summed E-state index contributed by atoms with van der Waals surface area (Å²) in [4.78, 5) is 30.6. The average Bonchev–Trinajstić information content (AvgIpc) is 2.68. The number of aryl methyl sites for hydroxylation is 1. The van der Waals surface area contributed by atoms with E-state index in [4.69, 9.17) is 0 Å². The lowest BCUT2D eigenvalue weighted by Gasteiger charge is -2.25. The molecule has 1 heterocycles.